The van der Waals surface area contributed by atoms with Gasteiger partial charge in [0.2, 0.25) is 0 Å². The highest BCUT2D eigenvalue weighted by molar-refractivity contribution is 7.80. The Morgan fingerprint density at radius 1 is 1.46 bits per heavy atom. The van der Waals surface area contributed by atoms with E-state index in [-0.39, 0.29) is 22.7 Å². The predicted octanol–water partition coefficient (Wildman–Crippen LogP) is 1.94. The van der Waals surface area contributed by atoms with Crippen molar-refractivity contribution in [3.8, 4) is 11.5 Å². The second kappa shape index (κ2) is 7.84. The summed E-state index contributed by atoms with van der Waals surface area (Å²) in [6.07, 6.45) is 3.48. The highest BCUT2D eigenvalue weighted by atomic mass is 32.1. The van der Waals surface area contributed by atoms with E-state index >= 15 is 0 Å². The number of carbonyl (C=O) groups excluding carboxylic acids is 2. The molecule has 7 nitrogen and oxygen atoms in total. The topological polar surface area (TPSA) is 88.1 Å². The Morgan fingerprint density at radius 3 is 2.92 bits per heavy atom. The van der Waals surface area contributed by atoms with E-state index in [0.29, 0.717) is 30.9 Å². The van der Waals surface area contributed by atoms with Gasteiger partial charge in [-0.2, -0.15) is 0 Å². The predicted molar refractivity (Wildman–Crippen MR) is 98.4 cm³/mol. The van der Waals surface area contributed by atoms with Crippen LogP contribution in [0.4, 0.5) is 0 Å². The van der Waals surface area contributed by atoms with E-state index in [1.165, 1.54) is 17.0 Å². The summed E-state index contributed by atoms with van der Waals surface area (Å²) in [5, 5.41) is 12.8. The zero-order valence-corrected chi connectivity index (χ0v) is 15.2. The lowest BCUT2D eigenvalue weighted by atomic mass is 10.1. The number of phenolic OH excluding ortho intramolecular Hbond substituents is 1. The SMILES string of the molecule is CCCN1C(=O)C(=Cc2ccc(OC3CCCO3)cc2O)C(=O)NC1=S. The molecule has 3 rings (SSSR count). The molecule has 0 aromatic heterocycles. The normalized spacial score (nSPS) is 22.0. The number of hydrogen-bond donors (Lipinski definition) is 2. The number of thiocarbonyl (C=S) groups is 1. The van der Waals surface area contributed by atoms with Gasteiger partial charge in [0.05, 0.1) is 6.61 Å². The Morgan fingerprint density at radius 2 is 2.27 bits per heavy atom. The molecule has 1 atom stereocenters. The van der Waals surface area contributed by atoms with Crippen LogP contribution < -0.4 is 10.1 Å². The van der Waals surface area contributed by atoms with E-state index in [0.717, 1.165) is 12.8 Å². The molecule has 2 fully saturated rings. The van der Waals surface area contributed by atoms with Crippen molar-refractivity contribution in [1.29, 1.82) is 0 Å². The molecule has 8 heteroatoms. The van der Waals surface area contributed by atoms with Gasteiger partial charge < -0.3 is 14.6 Å². The Hall–Kier alpha value is -2.45. The molecule has 0 radical (unpaired) electrons. The molecule has 2 N–H and O–H groups in total. The second-order valence-corrected chi connectivity index (χ2v) is 6.44. The molecule has 2 heterocycles. The van der Waals surface area contributed by atoms with Gasteiger partial charge >= 0.3 is 0 Å². The lowest BCUT2D eigenvalue weighted by molar-refractivity contribution is -0.128. The summed E-state index contributed by atoms with van der Waals surface area (Å²) < 4.78 is 11.0. The number of phenols is 1. The van der Waals surface area contributed by atoms with Crippen LogP contribution in [0.25, 0.3) is 6.08 Å². The summed E-state index contributed by atoms with van der Waals surface area (Å²) in [6, 6.07) is 4.69. The molecule has 0 bridgehead atoms. The number of hydrogen-bond acceptors (Lipinski definition) is 6. The summed E-state index contributed by atoms with van der Waals surface area (Å²) in [5.41, 5.74) is 0.266. The van der Waals surface area contributed by atoms with Crippen LogP contribution in [0.1, 0.15) is 31.7 Å². The van der Waals surface area contributed by atoms with Gasteiger partial charge in [-0.1, -0.05) is 6.92 Å². The van der Waals surface area contributed by atoms with E-state index in [1.54, 1.807) is 12.1 Å². The number of aromatic hydroxyl groups is 1. The van der Waals surface area contributed by atoms with Gasteiger partial charge in [0.25, 0.3) is 11.8 Å². The molecule has 1 aromatic carbocycles. The number of nitrogens with one attached hydrogen (secondary N) is 1. The van der Waals surface area contributed by atoms with Gasteiger partial charge in [-0.3, -0.25) is 19.8 Å². The summed E-state index contributed by atoms with van der Waals surface area (Å²) >= 11 is 5.04. The Kier molecular flexibility index (Phi) is 5.53. The third-order valence-corrected chi connectivity index (χ3v) is 4.41. The van der Waals surface area contributed by atoms with E-state index < -0.39 is 11.8 Å². The largest absolute Gasteiger partial charge is 0.507 e. The number of carbonyl (C=O) groups is 2. The zero-order chi connectivity index (χ0) is 18.7. The van der Waals surface area contributed by atoms with E-state index in [2.05, 4.69) is 5.32 Å². The van der Waals surface area contributed by atoms with Gasteiger partial charge in [-0.25, -0.2) is 0 Å². The first-order valence-corrected chi connectivity index (χ1v) is 8.90. The van der Waals surface area contributed by atoms with Crippen molar-refractivity contribution in [2.45, 2.75) is 32.5 Å². The highest BCUT2D eigenvalue weighted by Crippen LogP contribution is 2.28. The number of amides is 2. The van der Waals surface area contributed by atoms with Crippen molar-refractivity contribution in [2.75, 3.05) is 13.2 Å². The van der Waals surface area contributed by atoms with Crippen molar-refractivity contribution in [3.63, 3.8) is 0 Å². The lowest BCUT2D eigenvalue weighted by Gasteiger charge is -2.28. The summed E-state index contributed by atoms with van der Waals surface area (Å²) in [4.78, 5) is 26.0. The van der Waals surface area contributed by atoms with Crippen LogP contribution in [0.2, 0.25) is 0 Å². The average Bonchev–Trinajstić information content (AvgIpc) is 3.10. The minimum absolute atomic E-state index is 0.0739. The van der Waals surface area contributed by atoms with E-state index in [4.69, 9.17) is 21.7 Å². The van der Waals surface area contributed by atoms with Gasteiger partial charge in [0, 0.05) is 24.6 Å². The van der Waals surface area contributed by atoms with Gasteiger partial charge in [0.15, 0.2) is 11.4 Å². The fourth-order valence-corrected chi connectivity index (χ4v) is 3.05. The Bertz CT molecular complexity index is 771. The molecular weight excluding hydrogens is 356 g/mol. The van der Waals surface area contributed by atoms with Crippen LogP contribution in [0, 0.1) is 0 Å². The van der Waals surface area contributed by atoms with Crippen molar-refractivity contribution in [3.05, 3.63) is 29.3 Å². The van der Waals surface area contributed by atoms with Crippen molar-refractivity contribution < 1.29 is 24.2 Å². The molecule has 1 aromatic rings. The van der Waals surface area contributed by atoms with Crippen molar-refractivity contribution in [2.24, 2.45) is 0 Å². The van der Waals surface area contributed by atoms with Crippen LogP contribution in [0.5, 0.6) is 11.5 Å². The van der Waals surface area contributed by atoms with E-state index in [1.807, 2.05) is 6.92 Å². The quantitative estimate of drug-likeness (QED) is 0.464. The first kappa shape index (κ1) is 18.3. The number of rotatable bonds is 5. The molecule has 26 heavy (non-hydrogen) atoms. The first-order valence-electron chi connectivity index (χ1n) is 8.49. The van der Waals surface area contributed by atoms with Crippen molar-refractivity contribution >= 4 is 35.2 Å². The average molecular weight is 376 g/mol. The van der Waals surface area contributed by atoms with Crippen LogP contribution in [-0.4, -0.2) is 46.4 Å². The highest BCUT2D eigenvalue weighted by Gasteiger charge is 2.32. The van der Waals surface area contributed by atoms with Crippen LogP contribution in [0.3, 0.4) is 0 Å². The molecule has 0 aliphatic carbocycles. The third-order valence-electron chi connectivity index (χ3n) is 4.09. The molecule has 2 aliphatic heterocycles. The summed E-state index contributed by atoms with van der Waals surface area (Å²) in [6.45, 7) is 2.98. The van der Waals surface area contributed by atoms with Crippen LogP contribution in [0.15, 0.2) is 23.8 Å². The maximum atomic E-state index is 12.5. The van der Waals surface area contributed by atoms with Crippen molar-refractivity contribution in [1.82, 2.24) is 10.2 Å². The third kappa shape index (κ3) is 3.86. The minimum atomic E-state index is -0.577. The smallest absolute Gasteiger partial charge is 0.265 e. The minimum Gasteiger partial charge on any atom is -0.507 e. The first-order chi connectivity index (χ1) is 12.5. The maximum Gasteiger partial charge on any atom is 0.265 e. The number of ether oxygens (including phenoxy) is 2. The van der Waals surface area contributed by atoms with Crippen LogP contribution in [-0.2, 0) is 14.3 Å². The molecule has 0 saturated carbocycles. The molecule has 138 valence electrons. The Labute approximate surface area is 156 Å². The lowest BCUT2D eigenvalue weighted by Crippen LogP contribution is -2.54. The Balaban J connectivity index is 1.82. The molecule has 1 unspecified atom stereocenters. The molecule has 2 amide bonds. The number of nitrogens with zero attached hydrogens (tertiary/aromatic N) is 1. The number of benzene rings is 1. The molecule has 0 spiro atoms. The maximum absolute atomic E-state index is 12.5. The standard InChI is InChI=1S/C18H20N2O5S/c1-2-7-20-17(23)13(16(22)19-18(20)26)9-11-5-6-12(10-14(11)21)25-15-4-3-8-24-15/h5-6,9-10,15,21H,2-4,7-8H2,1H3,(H,19,22,26). The molecular formula is C18H20N2O5S. The fourth-order valence-electron chi connectivity index (χ4n) is 2.79. The second-order valence-electron chi connectivity index (χ2n) is 6.06. The fraction of sp³-hybridized carbons (Fsp3) is 0.389. The zero-order valence-electron chi connectivity index (χ0n) is 14.4. The summed E-state index contributed by atoms with van der Waals surface area (Å²) in [7, 11) is 0. The van der Waals surface area contributed by atoms with E-state index in [9.17, 15) is 14.7 Å². The van der Waals surface area contributed by atoms with Crippen LogP contribution >= 0.6 is 12.2 Å². The summed E-state index contributed by atoms with van der Waals surface area (Å²) in [5.74, 6) is -0.681. The monoisotopic (exact) mass is 376 g/mol. The van der Waals surface area contributed by atoms with Gasteiger partial charge in [0.1, 0.15) is 17.1 Å². The van der Waals surface area contributed by atoms with Gasteiger partial charge in [-0.05, 0) is 43.3 Å². The molecule has 2 saturated heterocycles. The molecule has 2 aliphatic rings. The van der Waals surface area contributed by atoms with Gasteiger partial charge in [-0.15, -0.1) is 0 Å².